The van der Waals surface area contributed by atoms with Crippen LogP contribution in [0.4, 0.5) is 11.4 Å². The molecule has 1 fully saturated rings. The van der Waals surface area contributed by atoms with Gasteiger partial charge in [-0.25, -0.2) is 0 Å². The molecule has 0 unspecified atom stereocenters. The van der Waals surface area contributed by atoms with Crippen LogP contribution in [-0.4, -0.2) is 38.0 Å². The van der Waals surface area contributed by atoms with Crippen molar-refractivity contribution in [2.75, 3.05) is 36.5 Å². The van der Waals surface area contributed by atoms with E-state index >= 15 is 0 Å². The predicted octanol–water partition coefficient (Wildman–Crippen LogP) is 3.38. The summed E-state index contributed by atoms with van der Waals surface area (Å²) < 4.78 is 5.37. The molecule has 5 nitrogen and oxygen atoms in total. The summed E-state index contributed by atoms with van der Waals surface area (Å²) >= 11 is 0. The highest BCUT2D eigenvalue weighted by Crippen LogP contribution is 2.18. The number of benzene rings is 2. The first-order chi connectivity index (χ1) is 12.6. The van der Waals surface area contributed by atoms with Crippen LogP contribution in [0.25, 0.3) is 6.08 Å². The molecule has 1 aliphatic heterocycles. The molecular weight excluding hydrogens is 328 g/mol. The number of hydrogen-bond donors (Lipinski definition) is 1. The number of carbonyl (C=O) groups is 2. The Hall–Kier alpha value is -2.92. The van der Waals surface area contributed by atoms with Crippen molar-refractivity contribution in [1.82, 2.24) is 0 Å². The Kier molecular flexibility index (Phi) is 5.81. The molecule has 2 aromatic carbocycles. The number of hydrogen-bond acceptors (Lipinski definition) is 4. The largest absolute Gasteiger partial charge is 0.378 e. The number of rotatable bonds is 5. The fourth-order valence-electron chi connectivity index (χ4n) is 2.84. The van der Waals surface area contributed by atoms with Crippen molar-refractivity contribution in [3.05, 3.63) is 65.7 Å². The molecule has 0 atom stereocenters. The van der Waals surface area contributed by atoms with Gasteiger partial charge in [0.2, 0.25) is 5.91 Å². The molecule has 1 aliphatic rings. The number of nitrogens with zero attached hydrogens (tertiary/aromatic N) is 1. The van der Waals surface area contributed by atoms with Crippen molar-refractivity contribution in [2.24, 2.45) is 0 Å². The fraction of sp³-hybridized carbons (Fsp3) is 0.238. The molecule has 0 saturated carbocycles. The molecule has 134 valence electrons. The second-order valence-corrected chi connectivity index (χ2v) is 6.15. The fourth-order valence-corrected chi connectivity index (χ4v) is 2.84. The summed E-state index contributed by atoms with van der Waals surface area (Å²) in [5.41, 5.74) is 3.29. The molecule has 2 aromatic rings. The Morgan fingerprint density at radius 2 is 1.81 bits per heavy atom. The van der Waals surface area contributed by atoms with E-state index in [0.29, 0.717) is 11.3 Å². The Morgan fingerprint density at radius 3 is 2.50 bits per heavy atom. The molecule has 0 aliphatic carbocycles. The topological polar surface area (TPSA) is 58.6 Å². The number of anilines is 2. The second-order valence-electron chi connectivity index (χ2n) is 6.15. The van der Waals surface area contributed by atoms with E-state index in [1.54, 1.807) is 36.4 Å². The minimum Gasteiger partial charge on any atom is -0.378 e. The highest BCUT2D eigenvalue weighted by Gasteiger charge is 2.10. The lowest BCUT2D eigenvalue weighted by Gasteiger charge is -2.28. The van der Waals surface area contributed by atoms with E-state index < -0.39 is 0 Å². The smallest absolute Gasteiger partial charge is 0.221 e. The molecule has 5 heteroatoms. The summed E-state index contributed by atoms with van der Waals surface area (Å²) in [5, 5.41) is 2.68. The van der Waals surface area contributed by atoms with Gasteiger partial charge in [0.15, 0.2) is 5.78 Å². The maximum Gasteiger partial charge on any atom is 0.221 e. The van der Waals surface area contributed by atoms with Crippen molar-refractivity contribution < 1.29 is 14.3 Å². The zero-order chi connectivity index (χ0) is 18.4. The number of amides is 1. The van der Waals surface area contributed by atoms with E-state index in [1.807, 2.05) is 12.1 Å². The van der Waals surface area contributed by atoms with Gasteiger partial charge in [-0.2, -0.15) is 0 Å². The minimum absolute atomic E-state index is 0.102. The van der Waals surface area contributed by atoms with Crippen LogP contribution in [0.3, 0.4) is 0 Å². The van der Waals surface area contributed by atoms with Crippen LogP contribution in [0, 0.1) is 0 Å². The van der Waals surface area contributed by atoms with Gasteiger partial charge in [-0.1, -0.05) is 30.3 Å². The van der Waals surface area contributed by atoms with Crippen molar-refractivity contribution >= 4 is 29.1 Å². The van der Waals surface area contributed by atoms with Gasteiger partial charge >= 0.3 is 0 Å². The zero-order valence-corrected chi connectivity index (χ0v) is 14.8. The van der Waals surface area contributed by atoms with Crippen LogP contribution in [0.5, 0.6) is 0 Å². The number of morpholine rings is 1. The van der Waals surface area contributed by atoms with E-state index in [0.717, 1.165) is 31.9 Å². The minimum atomic E-state index is -0.162. The van der Waals surface area contributed by atoms with Gasteiger partial charge in [0.05, 0.1) is 13.2 Å². The lowest BCUT2D eigenvalue weighted by Crippen LogP contribution is -2.36. The number of ketones is 1. The molecule has 1 N–H and O–H groups in total. The molecule has 0 radical (unpaired) electrons. The SMILES string of the molecule is CC(=O)Nc1cccc(C(=O)/C=C/c2ccc(N3CCOCC3)cc2)c1. The van der Waals surface area contributed by atoms with E-state index in [9.17, 15) is 9.59 Å². The van der Waals surface area contributed by atoms with Gasteiger partial charge < -0.3 is 15.0 Å². The lowest BCUT2D eigenvalue weighted by molar-refractivity contribution is -0.114. The van der Waals surface area contributed by atoms with Gasteiger partial charge in [-0.15, -0.1) is 0 Å². The summed E-state index contributed by atoms with van der Waals surface area (Å²) in [6.07, 6.45) is 3.35. The first kappa shape index (κ1) is 17.9. The molecule has 1 amide bonds. The Bertz CT molecular complexity index is 806. The molecule has 0 bridgehead atoms. The zero-order valence-electron chi connectivity index (χ0n) is 14.8. The summed E-state index contributed by atoms with van der Waals surface area (Å²) in [5.74, 6) is -0.264. The average molecular weight is 350 g/mol. The predicted molar refractivity (Wildman–Crippen MR) is 104 cm³/mol. The Balaban J connectivity index is 1.65. The summed E-state index contributed by atoms with van der Waals surface area (Å²) in [6.45, 7) is 4.76. The Labute approximate surface area is 153 Å². The maximum atomic E-state index is 12.3. The summed E-state index contributed by atoms with van der Waals surface area (Å²) in [6, 6.07) is 15.1. The van der Waals surface area contributed by atoms with Crippen molar-refractivity contribution in [2.45, 2.75) is 6.92 Å². The average Bonchev–Trinajstić information content (AvgIpc) is 2.67. The van der Waals surface area contributed by atoms with Gasteiger partial charge in [-0.3, -0.25) is 9.59 Å². The molecule has 26 heavy (non-hydrogen) atoms. The number of carbonyl (C=O) groups excluding carboxylic acids is 2. The van der Waals surface area contributed by atoms with Crippen LogP contribution >= 0.6 is 0 Å². The highest BCUT2D eigenvalue weighted by molar-refractivity contribution is 6.07. The third-order valence-corrected chi connectivity index (χ3v) is 4.16. The first-order valence-corrected chi connectivity index (χ1v) is 8.65. The van der Waals surface area contributed by atoms with E-state index in [-0.39, 0.29) is 11.7 Å². The Morgan fingerprint density at radius 1 is 1.08 bits per heavy atom. The van der Waals surface area contributed by atoms with Gasteiger partial charge in [0.25, 0.3) is 0 Å². The van der Waals surface area contributed by atoms with E-state index in [1.165, 1.54) is 12.6 Å². The van der Waals surface area contributed by atoms with Crippen LogP contribution in [-0.2, 0) is 9.53 Å². The maximum absolute atomic E-state index is 12.3. The molecule has 0 spiro atoms. The van der Waals surface area contributed by atoms with Crippen LogP contribution in [0.2, 0.25) is 0 Å². The van der Waals surface area contributed by atoms with Crippen molar-refractivity contribution in [3.8, 4) is 0 Å². The standard InChI is InChI=1S/C21H22N2O3/c1-16(24)22-19-4-2-3-18(15-19)21(25)10-7-17-5-8-20(9-6-17)23-11-13-26-14-12-23/h2-10,15H,11-14H2,1H3,(H,22,24)/b10-7+. The molecule has 3 rings (SSSR count). The first-order valence-electron chi connectivity index (χ1n) is 8.65. The number of nitrogens with one attached hydrogen (secondary N) is 1. The summed E-state index contributed by atoms with van der Waals surface area (Å²) in [4.78, 5) is 25.8. The molecular formula is C21H22N2O3. The van der Waals surface area contributed by atoms with Gasteiger partial charge in [-0.05, 0) is 35.9 Å². The van der Waals surface area contributed by atoms with Crippen molar-refractivity contribution in [1.29, 1.82) is 0 Å². The van der Waals surface area contributed by atoms with Crippen LogP contribution < -0.4 is 10.2 Å². The second kappa shape index (κ2) is 8.45. The quantitative estimate of drug-likeness (QED) is 0.663. The molecule has 0 aromatic heterocycles. The normalized spacial score (nSPS) is 14.4. The van der Waals surface area contributed by atoms with Crippen LogP contribution in [0.15, 0.2) is 54.6 Å². The summed E-state index contributed by atoms with van der Waals surface area (Å²) in [7, 11) is 0. The lowest BCUT2D eigenvalue weighted by atomic mass is 10.1. The highest BCUT2D eigenvalue weighted by atomic mass is 16.5. The van der Waals surface area contributed by atoms with Gasteiger partial charge in [0.1, 0.15) is 0 Å². The molecule has 1 heterocycles. The number of allylic oxidation sites excluding steroid dienone is 1. The van der Waals surface area contributed by atoms with Gasteiger partial charge in [0, 0.05) is 37.0 Å². The number of ether oxygens (including phenoxy) is 1. The van der Waals surface area contributed by atoms with E-state index in [4.69, 9.17) is 4.74 Å². The third-order valence-electron chi connectivity index (χ3n) is 4.16. The van der Waals surface area contributed by atoms with E-state index in [2.05, 4.69) is 22.3 Å². The third kappa shape index (κ3) is 4.80. The monoisotopic (exact) mass is 350 g/mol. The van der Waals surface area contributed by atoms with Crippen LogP contribution in [0.1, 0.15) is 22.8 Å². The van der Waals surface area contributed by atoms with Crippen molar-refractivity contribution in [3.63, 3.8) is 0 Å². The molecule has 1 saturated heterocycles.